The zero-order valence-electron chi connectivity index (χ0n) is 10.3. The highest BCUT2D eigenvalue weighted by molar-refractivity contribution is 7.10. The SMILES string of the molecule is CCNC(COC(C)(C)C)c1sccc1Cl. The van der Waals surface area contributed by atoms with Crippen LogP contribution in [-0.4, -0.2) is 18.8 Å². The molecule has 4 heteroatoms. The average molecular weight is 262 g/mol. The van der Waals surface area contributed by atoms with Crippen LogP contribution >= 0.6 is 22.9 Å². The summed E-state index contributed by atoms with van der Waals surface area (Å²) < 4.78 is 5.81. The first-order chi connectivity index (χ1) is 7.44. The fourth-order valence-corrected chi connectivity index (χ4v) is 2.61. The molecule has 0 saturated heterocycles. The molecule has 1 aromatic heterocycles. The molecule has 0 aromatic carbocycles. The number of likely N-dealkylation sites (N-methyl/N-ethyl adjacent to an activating group) is 1. The molecule has 92 valence electrons. The summed E-state index contributed by atoms with van der Waals surface area (Å²) in [5.74, 6) is 0. The van der Waals surface area contributed by atoms with Gasteiger partial charge in [-0.1, -0.05) is 18.5 Å². The van der Waals surface area contributed by atoms with Crippen molar-refractivity contribution in [2.24, 2.45) is 0 Å². The Kier molecular flexibility index (Phi) is 5.25. The first-order valence-electron chi connectivity index (χ1n) is 5.54. The van der Waals surface area contributed by atoms with Gasteiger partial charge in [-0.2, -0.15) is 0 Å². The van der Waals surface area contributed by atoms with Gasteiger partial charge in [-0.05, 0) is 38.8 Å². The Hall–Kier alpha value is -0.0900. The van der Waals surface area contributed by atoms with Gasteiger partial charge in [0.1, 0.15) is 0 Å². The molecule has 0 bridgehead atoms. The average Bonchev–Trinajstić information content (AvgIpc) is 2.57. The maximum absolute atomic E-state index is 6.14. The van der Waals surface area contributed by atoms with Gasteiger partial charge in [0.2, 0.25) is 0 Å². The van der Waals surface area contributed by atoms with Crippen molar-refractivity contribution in [3.8, 4) is 0 Å². The molecule has 0 spiro atoms. The molecule has 0 fully saturated rings. The first-order valence-corrected chi connectivity index (χ1v) is 6.80. The van der Waals surface area contributed by atoms with Gasteiger partial charge < -0.3 is 10.1 Å². The second-order valence-corrected chi connectivity index (χ2v) is 6.02. The largest absolute Gasteiger partial charge is 0.374 e. The predicted octanol–water partition coefficient (Wildman–Crippen LogP) is 3.87. The molecule has 1 rings (SSSR count). The van der Waals surface area contributed by atoms with Crippen LogP contribution in [0.25, 0.3) is 0 Å². The summed E-state index contributed by atoms with van der Waals surface area (Å²) in [6, 6.07) is 2.12. The van der Waals surface area contributed by atoms with E-state index in [0.717, 1.165) is 16.4 Å². The van der Waals surface area contributed by atoms with Crippen LogP contribution < -0.4 is 5.32 Å². The molecule has 0 amide bonds. The minimum absolute atomic E-state index is 0.114. The van der Waals surface area contributed by atoms with Crippen molar-refractivity contribution in [3.05, 3.63) is 21.3 Å². The standard InChI is InChI=1S/C12H20ClNOS/c1-5-14-10(8-15-12(2,3)4)11-9(13)6-7-16-11/h6-7,10,14H,5,8H2,1-4H3. The van der Waals surface area contributed by atoms with E-state index in [4.69, 9.17) is 16.3 Å². The number of ether oxygens (including phenoxy) is 1. The smallest absolute Gasteiger partial charge is 0.0677 e. The molecule has 1 heterocycles. The highest BCUT2D eigenvalue weighted by Gasteiger charge is 2.19. The molecule has 1 atom stereocenters. The second-order valence-electron chi connectivity index (χ2n) is 4.67. The summed E-state index contributed by atoms with van der Waals surface area (Å²) in [7, 11) is 0. The van der Waals surface area contributed by atoms with Crippen LogP contribution in [0, 0.1) is 0 Å². The summed E-state index contributed by atoms with van der Waals surface area (Å²) in [6.45, 7) is 9.83. The summed E-state index contributed by atoms with van der Waals surface area (Å²) in [5, 5.41) is 6.24. The number of rotatable bonds is 5. The molecule has 0 aliphatic heterocycles. The monoisotopic (exact) mass is 261 g/mol. The lowest BCUT2D eigenvalue weighted by Crippen LogP contribution is -2.29. The number of halogens is 1. The quantitative estimate of drug-likeness (QED) is 0.869. The van der Waals surface area contributed by atoms with Gasteiger partial charge in [-0.3, -0.25) is 0 Å². The Morgan fingerprint density at radius 2 is 2.19 bits per heavy atom. The van der Waals surface area contributed by atoms with E-state index >= 15 is 0 Å². The predicted molar refractivity (Wildman–Crippen MR) is 71.5 cm³/mol. The Bertz CT molecular complexity index is 319. The Morgan fingerprint density at radius 1 is 1.50 bits per heavy atom. The van der Waals surface area contributed by atoms with Crippen molar-refractivity contribution < 1.29 is 4.74 Å². The second kappa shape index (κ2) is 6.01. The first kappa shape index (κ1) is 14.0. The van der Waals surface area contributed by atoms with Crippen LogP contribution in [0.4, 0.5) is 0 Å². The molecule has 1 aromatic rings. The van der Waals surface area contributed by atoms with Crippen LogP contribution in [0.5, 0.6) is 0 Å². The molecule has 0 radical (unpaired) electrons. The van der Waals surface area contributed by atoms with Crippen molar-refractivity contribution in [3.63, 3.8) is 0 Å². The molecular weight excluding hydrogens is 242 g/mol. The van der Waals surface area contributed by atoms with E-state index in [0.29, 0.717) is 6.61 Å². The topological polar surface area (TPSA) is 21.3 Å². The third-order valence-electron chi connectivity index (χ3n) is 2.09. The van der Waals surface area contributed by atoms with E-state index in [9.17, 15) is 0 Å². The van der Waals surface area contributed by atoms with Gasteiger partial charge in [-0.25, -0.2) is 0 Å². The van der Waals surface area contributed by atoms with Crippen molar-refractivity contribution >= 4 is 22.9 Å². The maximum atomic E-state index is 6.14. The summed E-state index contributed by atoms with van der Waals surface area (Å²) in [5.41, 5.74) is -0.114. The third-order valence-corrected chi connectivity index (χ3v) is 3.57. The third kappa shape index (κ3) is 4.42. The van der Waals surface area contributed by atoms with E-state index in [1.165, 1.54) is 0 Å². The van der Waals surface area contributed by atoms with Crippen molar-refractivity contribution in [1.29, 1.82) is 0 Å². The zero-order valence-corrected chi connectivity index (χ0v) is 11.9. The lowest BCUT2D eigenvalue weighted by Gasteiger charge is -2.24. The van der Waals surface area contributed by atoms with Gasteiger partial charge in [-0.15, -0.1) is 11.3 Å². The highest BCUT2D eigenvalue weighted by Crippen LogP contribution is 2.29. The molecule has 0 aliphatic rings. The fourth-order valence-electron chi connectivity index (χ4n) is 1.36. The number of hydrogen-bond donors (Lipinski definition) is 1. The van der Waals surface area contributed by atoms with Crippen LogP contribution in [0.1, 0.15) is 38.6 Å². The van der Waals surface area contributed by atoms with E-state index in [-0.39, 0.29) is 11.6 Å². The number of hydrogen-bond acceptors (Lipinski definition) is 3. The van der Waals surface area contributed by atoms with Gasteiger partial charge in [0, 0.05) is 4.88 Å². The molecule has 0 saturated carbocycles. The fraction of sp³-hybridized carbons (Fsp3) is 0.667. The Morgan fingerprint density at radius 3 is 2.62 bits per heavy atom. The highest BCUT2D eigenvalue weighted by atomic mass is 35.5. The van der Waals surface area contributed by atoms with E-state index in [2.05, 4.69) is 33.0 Å². The molecule has 1 unspecified atom stereocenters. The molecule has 2 nitrogen and oxygen atoms in total. The summed E-state index contributed by atoms with van der Waals surface area (Å²) >= 11 is 7.81. The zero-order chi connectivity index (χ0) is 12.2. The lowest BCUT2D eigenvalue weighted by molar-refractivity contribution is -0.0142. The minimum atomic E-state index is -0.114. The number of thiophene rings is 1. The molecule has 0 aliphatic carbocycles. The van der Waals surface area contributed by atoms with E-state index < -0.39 is 0 Å². The minimum Gasteiger partial charge on any atom is -0.374 e. The van der Waals surface area contributed by atoms with Crippen molar-refractivity contribution in [2.45, 2.75) is 39.3 Å². The van der Waals surface area contributed by atoms with Crippen LogP contribution in [-0.2, 0) is 4.74 Å². The van der Waals surface area contributed by atoms with Gasteiger partial charge in [0.25, 0.3) is 0 Å². The summed E-state index contributed by atoms with van der Waals surface area (Å²) in [6.07, 6.45) is 0. The Balaban J connectivity index is 2.65. The van der Waals surface area contributed by atoms with Crippen LogP contribution in [0.15, 0.2) is 11.4 Å². The van der Waals surface area contributed by atoms with Gasteiger partial charge >= 0.3 is 0 Å². The van der Waals surface area contributed by atoms with Crippen molar-refractivity contribution in [1.82, 2.24) is 5.32 Å². The molecule has 1 N–H and O–H groups in total. The Labute approximate surface area is 107 Å². The molecule has 16 heavy (non-hydrogen) atoms. The van der Waals surface area contributed by atoms with E-state index in [1.807, 2.05) is 11.4 Å². The summed E-state index contributed by atoms with van der Waals surface area (Å²) in [4.78, 5) is 1.16. The lowest BCUT2D eigenvalue weighted by atomic mass is 10.2. The normalized spacial score (nSPS) is 14.1. The van der Waals surface area contributed by atoms with Crippen LogP contribution in [0.2, 0.25) is 5.02 Å². The van der Waals surface area contributed by atoms with Crippen molar-refractivity contribution in [2.75, 3.05) is 13.2 Å². The van der Waals surface area contributed by atoms with Crippen LogP contribution in [0.3, 0.4) is 0 Å². The van der Waals surface area contributed by atoms with Gasteiger partial charge in [0.15, 0.2) is 0 Å². The molecular formula is C12H20ClNOS. The maximum Gasteiger partial charge on any atom is 0.0677 e. The van der Waals surface area contributed by atoms with E-state index in [1.54, 1.807) is 11.3 Å². The number of nitrogens with one attached hydrogen (secondary N) is 1. The van der Waals surface area contributed by atoms with Gasteiger partial charge in [0.05, 0.1) is 23.3 Å².